The van der Waals surface area contributed by atoms with Crippen molar-refractivity contribution in [2.24, 2.45) is 0 Å². The molecule has 0 amide bonds. The fourth-order valence-corrected chi connectivity index (χ4v) is 3.31. The largest absolute Gasteiger partial charge is 0.347 e. The van der Waals surface area contributed by atoms with E-state index in [0.29, 0.717) is 0 Å². The summed E-state index contributed by atoms with van der Waals surface area (Å²) in [4.78, 5) is 2.54. The van der Waals surface area contributed by atoms with E-state index >= 15 is 0 Å². The fraction of sp³-hybridized carbons (Fsp3) is 0.529. The number of rotatable bonds is 3. The van der Waals surface area contributed by atoms with E-state index in [1.54, 1.807) is 0 Å². The molecule has 0 bridgehead atoms. The van der Waals surface area contributed by atoms with Crippen LogP contribution >= 0.6 is 0 Å². The van der Waals surface area contributed by atoms with Gasteiger partial charge in [0.1, 0.15) is 0 Å². The van der Waals surface area contributed by atoms with Crippen LogP contribution < -0.4 is 0 Å². The number of benzene rings is 1. The molecule has 1 atom stereocenters. The lowest BCUT2D eigenvalue weighted by Gasteiger charge is -2.32. The van der Waals surface area contributed by atoms with Gasteiger partial charge >= 0.3 is 0 Å². The minimum Gasteiger partial charge on any atom is -0.347 e. The van der Waals surface area contributed by atoms with E-state index in [-0.39, 0.29) is 0 Å². The standard InChI is InChI=1S/C17H24N2/c1-14-6-7-17-15(13-14)8-11-19(17)12-9-16-5-3-4-10-18(16)2/h6-8,11,13,16H,3-5,9-10,12H2,1-2H3. The maximum absolute atomic E-state index is 2.54. The van der Waals surface area contributed by atoms with E-state index in [2.05, 4.69) is 53.9 Å². The zero-order chi connectivity index (χ0) is 13.2. The molecule has 2 aromatic rings. The number of hydrogen-bond acceptors (Lipinski definition) is 1. The Bertz CT molecular complexity index is 555. The summed E-state index contributed by atoms with van der Waals surface area (Å²) in [6, 6.07) is 9.77. The Morgan fingerprint density at radius 2 is 2.11 bits per heavy atom. The van der Waals surface area contributed by atoms with Crippen LogP contribution in [-0.4, -0.2) is 29.1 Å². The number of aromatic nitrogens is 1. The Morgan fingerprint density at radius 3 is 2.95 bits per heavy atom. The van der Waals surface area contributed by atoms with Crippen molar-refractivity contribution in [2.75, 3.05) is 13.6 Å². The molecule has 1 fully saturated rings. The van der Waals surface area contributed by atoms with Crippen LogP contribution in [0.5, 0.6) is 0 Å². The number of aryl methyl sites for hydroxylation is 2. The second-order valence-corrected chi connectivity index (χ2v) is 5.99. The van der Waals surface area contributed by atoms with Gasteiger partial charge < -0.3 is 9.47 Å². The lowest BCUT2D eigenvalue weighted by atomic mass is 10.0. The number of fused-ring (bicyclic) bond motifs is 1. The van der Waals surface area contributed by atoms with Crippen LogP contribution in [0.3, 0.4) is 0 Å². The van der Waals surface area contributed by atoms with Gasteiger partial charge in [0.05, 0.1) is 0 Å². The SMILES string of the molecule is Cc1ccc2c(ccn2CCC2CCCCN2C)c1. The van der Waals surface area contributed by atoms with Crippen LogP contribution in [0.4, 0.5) is 0 Å². The molecule has 19 heavy (non-hydrogen) atoms. The lowest BCUT2D eigenvalue weighted by Crippen LogP contribution is -2.36. The highest BCUT2D eigenvalue weighted by Crippen LogP contribution is 2.21. The van der Waals surface area contributed by atoms with E-state index in [4.69, 9.17) is 0 Å². The van der Waals surface area contributed by atoms with Gasteiger partial charge in [-0.1, -0.05) is 18.1 Å². The quantitative estimate of drug-likeness (QED) is 0.810. The third-order valence-corrected chi connectivity index (χ3v) is 4.55. The van der Waals surface area contributed by atoms with Crippen molar-refractivity contribution < 1.29 is 0 Å². The van der Waals surface area contributed by atoms with Crippen LogP contribution in [-0.2, 0) is 6.54 Å². The molecule has 0 aliphatic carbocycles. The molecule has 0 saturated carbocycles. The first-order chi connectivity index (χ1) is 9.24. The van der Waals surface area contributed by atoms with Crippen molar-refractivity contribution in [3.8, 4) is 0 Å². The van der Waals surface area contributed by atoms with Gasteiger partial charge in [0.25, 0.3) is 0 Å². The highest BCUT2D eigenvalue weighted by molar-refractivity contribution is 5.80. The molecule has 1 saturated heterocycles. The van der Waals surface area contributed by atoms with Crippen LogP contribution in [0, 0.1) is 6.92 Å². The van der Waals surface area contributed by atoms with E-state index < -0.39 is 0 Å². The Morgan fingerprint density at radius 1 is 1.21 bits per heavy atom. The summed E-state index contributed by atoms with van der Waals surface area (Å²) in [5, 5.41) is 1.37. The van der Waals surface area contributed by atoms with Gasteiger partial charge in [-0.15, -0.1) is 0 Å². The molecular formula is C17H24N2. The average molecular weight is 256 g/mol. The fourth-order valence-electron chi connectivity index (χ4n) is 3.31. The van der Waals surface area contributed by atoms with E-state index in [0.717, 1.165) is 12.6 Å². The minimum atomic E-state index is 0.775. The van der Waals surface area contributed by atoms with Crippen LogP contribution in [0.25, 0.3) is 10.9 Å². The molecule has 0 radical (unpaired) electrons. The Hall–Kier alpha value is -1.28. The zero-order valence-electron chi connectivity index (χ0n) is 12.1. The predicted octanol–water partition coefficient (Wildman–Crippen LogP) is 3.82. The molecule has 1 aromatic carbocycles. The van der Waals surface area contributed by atoms with Gasteiger partial charge in [0, 0.05) is 24.3 Å². The molecule has 0 N–H and O–H groups in total. The molecule has 2 heterocycles. The van der Waals surface area contributed by atoms with Crippen molar-refractivity contribution >= 4 is 10.9 Å². The molecule has 1 aliphatic heterocycles. The average Bonchev–Trinajstić information content (AvgIpc) is 2.80. The molecular weight excluding hydrogens is 232 g/mol. The molecule has 2 heteroatoms. The monoisotopic (exact) mass is 256 g/mol. The lowest BCUT2D eigenvalue weighted by molar-refractivity contribution is 0.171. The molecule has 1 aromatic heterocycles. The van der Waals surface area contributed by atoms with Crippen molar-refractivity contribution in [1.82, 2.24) is 9.47 Å². The summed E-state index contributed by atoms with van der Waals surface area (Å²) < 4.78 is 2.41. The first kappa shape index (κ1) is 12.7. The molecule has 102 valence electrons. The molecule has 1 aliphatic rings. The van der Waals surface area contributed by atoms with Crippen molar-refractivity contribution in [2.45, 2.75) is 45.2 Å². The van der Waals surface area contributed by atoms with Crippen molar-refractivity contribution in [3.63, 3.8) is 0 Å². The molecule has 3 rings (SSSR count). The summed E-state index contributed by atoms with van der Waals surface area (Å²) in [6.07, 6.45) is 7.66. The maximum atomic E-state index is 2.54. The van der Waals surface area contributed by atoms with E-state index in [1.165, 1.54) is 48.7 Å². The van der Waals surface area contributed by atoms with Gasteiger partial charge in [-0.2, -0.15) is 0 Å². The van der Waals surface area contributed by atoms with Gasteiger partial charge in [-0.05, 0) is 63.4 Å². The summed E-state index contributed by atoms with van der Waals surface area (Å²) >= 11 is 0. The van der Waals surface area contributed by atoms with E-state index in [1.807, 2.05) is 0 Å². The summed E-state index contributed by atoms with van der Waals surface area (Å²) in [5.74, 6) is 0. The Balaban J connectivity index is 1.71. The molecule has 2 nitrogen and oxygen atoms in total. The topological polar surface area (TPSA) is 8.17 Å². The summed E-state index contributed by atoms with van der Waals surface area (Å²) in [5.41, 5.74) is 2.72. The maximum Gasteiger partial charge on any atom is 0.0480 e. The Kier molecular flexibility index (Phi) is 3.61. The minimum absolute atomic E-state index is 0.775. The van der Waals surface area contributed by atoms with Gasteiger partial charge in [0.15, 0.2) is 0 Å². The zero-order valence-corrected chi connectivity index (χ0v) is 12.1. The third kappa shape index (κ3) is 2.69. The highest BCUT2D eigenvalue weighted by atomic mass is 15.1. The number of hydrogen-bond donors (Lipinski definition) is 0. The smallest absolute Gasteiger partial charge is 0.0480 e. The number of nitrogens with zero attached hydrogens (tertiary/aromatic N) is 2. The van der Waals surface area contributed by atoms with Gasteiger partial charge in [-0.25, -0.2) is 0 Å². The van der Waals surface area contributed by atoms with Gasteiger partial charge in [0.2, 0.25) is 0 Å². The molecule has 1 unspecified atom stereocenters. The van der Waals surface area contributed by atoms with Crippen LogP contribution in [0.2, 0.25) is 0 Å². The van der Waals surface area contributed by atoms with Crippen molar-refractivity contribution in [1.29, 1.82) is 0 Å². The number of piperidine rings is 1. The van der Waals surface area contributed by atoms with Crippen molar-refractivity contribution in [3.05, 3.63) is 36.0 Å². The second kappa shape index (κ2) is 5.38. The van der Waals surface area contributed by atoms with Crippen LogP contribution in [0.1, 0.15) is 31.2 Å². The normalized spacial score (nSPS) is 21.1. The van der Waals surface area contributed by atoms with E-state index in [9.17, 15) is 0 Å². The number of likely N-dealkylation sites (tertiary alicyclic amines) is 1. The predicted molar refractivity (Wildman–Crippen MR) is 81.6 cm³/mol. The molecule has 0 spiro atoms. The first-order valence-corrected chi connectivity index (χ1v) is 7.50. The second-order valence-electron chi connectivity index (χ2n) is 5.99. The first-order valence-electron chi connectivity index (χ1n) is 7.50. The Labute approximate surface area is 116 Å². The van der Waals surface area contributed by atoms with Gasteiger partial charge in [-0.3, -0.25) is 0 Å². The third-order valence-electron chi connectivity index (χ3n) is 4.55. The highest BCUT2D eigenvalue weighted by Gasteiger charge is 2.18. The summed E-state index contributed by atoms with van der Waals surface area (Å²) in [7, 11) is 2.28. The summed E-state index contributed by atoms with van der Waals surface area (Å²) in [6.45, 7) is 4.58. The van der Waals surface area contributed by atoms with Crippen LogP contribution in [0.15, 0.2) is 30.5 Å².